The van der Waals surface area contributed by atoms with Gasteiger partial charge in [0.15, 0.2) is 12.2 Å². The number of phosphoric ester groups is 2. The minimum absolute atomic E-state index is 0.107. The molecule has 17 nitrogen and oxygen atoms in total. The van der Waals surface area contributed by atoms with Crippen LogP contribution in [0.4, 0.5) is 0 Å². The number of esters is 4. The smallest absolute Gasteiger partial charge is 0.462 e. The lowest BCUT2D eigenvalue weighted by atomic mass is 10.0. The number of ether oxygens (including phenoxy) is 4. The SMILES string of the molecule is CC(C)CCCCCCCCCCCCCCCCCCC(=O)O[C@H](COC(=O)CCCCCCCCCC(C)C)COP(=O)(O)OCC(O)COP(=O)(O)OC[C@@H](COC(=O)CCCCCCCCCCCCCCCCCC(C)C)OC(=O)CCCCCCCCCCCCCCCC(C)C. The van der Waals surface area contributed by atoms with Gasteiger partial charge in [0.2, 0.25) is 0 Å². The van der Waals surface area contributed by atoms with E-state index in [2.05, 4.69) is 55.4 Å². The van der Waals surface area contributed by atoms with E-state index >= 15 is 0 Å². The molecule has 0 aliphatic carbocycles. The minimum Gasteiger partial charge on any atom is -0.462 e. The Balaban J connectivity index is 5.23. The highest BCUT2D eigenvalue weighted by molar-refractivity contribution is 7.47. The Hall–Kier alpha value is -1.94. The lowest BCUT2D eigenvalue weighted by Gasteiger charge is -2.21. The molecule has 612 valence electrons. The number of carbonyl (C=O) groups is 4. The molecule has 103 heavy (non-hydrogen) atoms. The number of aliphatic hydroxyl groups is 1. The quantitative estimate of drug-likeness (QED) is 0.0222. The van der Waals surface area contributed by atoms with Crippen LogP contribution in [0.15, 0.2) is 0 Å². The summed E-state index contributed by atoms with van der Waals surface area (Å²) in [7, 11) is -9.93. The van der Waals surface area contributed by atoms with E-state index in [4.69, 9.17) is 37.0 Å². The molecule has 0 saturated heterocycles. The van der Waals surface area contributed by atoms with E-state index in [0.29, 0.717) is 31.6 Å². The number of unbranched alkanes of at least 4 members (excludes halogenated alkanes) is 47. The van der Waals surface area contributed by atoms with Crippen molar-refractivity contribution in [1.29, 1.82) is 0 Å². The van der Waals surface area contributed by atoms with Crippen molar-refractivity contribution in [2.75, 3.05) is 39.6 Å². The fourth-order valence-electron chi connectivity index (χ4n) is 13.0. The molecule has 0 aromatic carbocycles. The Morgan fingerprint density at radius 3 is 0.602 bits per heavy atom. The van der Waals surface area contributed by atoms with Gasteiger partial charge in [-0.15, -0.1) is 0 Å². The summed E-state index contributed by atoms with van der Waals surface area (Å²) in [5.41, 5.74) is 0. The summed E-state index contributed by atoms with van der Waals surface area (Å²) >= 11 is 0. The van der Waals surface area contributed by atoms with Gasteiger partial charge in [0.25, 0.3) is 0 Å². The molecule has 0 aliphatic rings. The third kappa shape index (κ3) is 78.0. The molecule has 0 heterocycles. The van der Waals surface area contributed by atoms with Crippen LogP contribution in [0, 0.1) is 23.7 Å². The number of rotatable bonds is 81. The zero-order chi connectivity index (χ0) is 76.0. The van der Waals surface area contributed by atoms with Crippen LogP contribution in [0.3, 0.4) is 0 Å². The molecule has 3 unspecified atom stereocenters. The molecule has 0 fully saturated rings. The third-order valence-corrected chi connectivity index (χ3v) is 21.5. The average molecular weight is 1510 g/mol. The number of hydrogen-bond donors (Lipinski definition) is 3. The first-order chi connectivity index (χ1) is 49.6. The van der Waals surface area contributed by atoms with Crippen LogP contribution in [-0.4, -0.2) is 96.7 Å². The highest BCUT2D eigenvalue weighted by Crippen LogP contribution is 2.45. The van der Waals surface area contributed by atoms with Gasteiger partial charge in [-0.25, -0.2) is 9.13 Å². The van der Waals surface area contributed by atoms with Crippen molar-refractivity contribution in [3.63, 3.8) is 0 Å². The number of phosphoric acid groups is 2. The standard InChI is InChI=1S/C84H164O17P2/c1-74(2)60-52-44-36-29-23-17-12-9-10-14-21-27-33-41-50-58-66-84(89)101-80(71-95-82(87)65-57-49-43-35-39-47-55-63-77(7)8)73-99-103(92,93)97-69-78(85)68-96-102(90,91)98-72-79(100-83(88)67-59-51-42-34-28-22-16-19-25-31-38-46-54-62-76(5)6)70-94-81(86)64-56-48-40-32-26-20-15-11-13-18-24-30-37-45-53-61-75(3)4/h74-80,85H,9-73H2,1-8H3,(H,90,91)(H,92,93)/t78?,79-,80-/m1/s1. The predicted octanol–water partition coefficient (Wildman–Crippen LogP) is 25.2. The Bertz CT molecular complexity index is 2010. The topological polar surface area (TPSA) is 237 Å². The first kappa shape index (κ1) is 101. The molecule has 0 aromatic rings. The molecule has 3 N–H and O–H groups in total. The van der Waals surface area contributed by atoms with E-state index < -0.39 is 97.5 Å². The van der Waals surface area contributed by atoms with Crippen LogP contribution in [0.5, 0.6) is 0 Å². The summed E-state index contributed by atoms with van der Waals surface area (Å²) in [5.74, 6) is 0.997. The van der Waals surface area contributed by atoms with E-state index in [1.807, 2.05) is 0 Å². The van der Waals surface area contributed by atoms with Crippen molar-refractivity contribution in [2.45, 2.75) is 453 Å². The number of carbonyl (C=O) groups excluding carboxylic acids is 4. The van der Waals surface area contributed by atoms with Gasteiger partial charge in [-0.1, -0.05) is 383 Å². The van der Waals surface area contributed by atoms with Crippen LogP contribution in [0.1, 0.15) is 434 Å². The van der Waals surface area contributed by atoms with E-state index in [1.165, 1.54) is 231 Å². The molecule has 0 bridgehead atoms. The van der Waals surface area contributed by atoms with Crippen molar-refractivity contribution >= 4 is 39.5 Å². The van der Waals surface area contributed by atoms with Crippen molar-refractivity contribution in [3.8, 4) is 0 Å². The summed E-state index contributed by atoms with van der Waals surface area (Å²) in [4.78, 5) is 73.1. The Labute approximate surface area is 632 Å². The summed E-state index contributed by atoms with van der Waals surface area (Å²) in [6.07, 6.45) is 61.1. The van der Waals surface area contributed by atoms with E-state index in [0.717, 1.165) is 114 Å². The first-order valence-corrected chi connectivity index (χ1v) is 46.2. The van der Waals surface area contributed by atoms with E-state index in [1.54, 1.807) is 0 Å². The normalized spacial score (nSPS) is 14.0. The molecule has 0 rings (SSSR count). The molecule has 0 amide bonds. The fraction of sp³-hybridized carbons (Fsp3) is 0.952. The zero-order valence-corrected chi connectivity index (χ0v) is 69.7. The number of aliphatic hydroxyl groups excluding tert-OH is 1. The summed E-state index contributed by atoms with van der Waals surface area (Å²) in [6, 6.07) is 0. The second-order valence-electron chi connectivity index (χ2n) is 32.1. The second-order valence-corrected chi connectivity index (χ2v) is 35.0. The Kier molecular flexibility index (Phi) is 71.5. The molecular formula is C84H164O17P2. The third-order valence-electron chi connectivity index (χ3n) is 19.6. The lowest BCUT2D eigenvalue weighted by Crippen LogP contribution is -2.30. The largest absolute Gasteiger partial charge is 0.472 e. The molecule has 19 heteroatoms. The molecule has 0 spiro atoms. The zero-order valence-electron chi connectivity index (χ0n) is 68.0. The highest BCUT2D eigenvalue weighted by Gasteiger charge is 2.30. The van der Waals surface area contributed by atoms with Crippen molar-refractivity contribution in [3.05, 3.63) is 0 Å². The molecule has 0 radical (unpaired) electrons. The van der Waals surface area contributed by atoms with Gasteiger partial charge >= 0.3 is 39.5 Å². The minimum atomic E-state index is -4.96. The van der Waals surface area contributed by atoms with Gasteiger partial charge in [-0.2, -0.15) is 0 Å². The van der Waals surface area contributed by atoms with E-state index in [9.17, 15) is 43.2 Å². The van der Waals surface area contributed by atoms with Gasteiger partial charge in [-0.3, -0.25) is 37.3 Å². The highest BCUT2D eigenvalue weighted by atomic mass is 31.2. The van der Waals surface area contributed by atoms with E-state index in [-0.39, 0.29) is 25.7 Å². The summed E-state index contributed by atoms with van der Waals surface area (Å²) in [6.45, 7) is 14.3. The van der Waals surface area contributed by atoms with Gasteiger partial charge in [0.05, 0.1) is 26.4 Å². The Morgan fingerprint density at radius 1 is 0.243 bits per heavy atom. The molecule has 0 aromatic heterocycles. The van der Waals surface area contributed by atoms with Crippen LogP contribution < -0.4 is 0 Å². The van der Waals surface area contributed by atoms with Crippen molar-refractivity contribution < 1.29 is 80.2 Å². The average Bonchev–Trinajstić information content (AvgIpc) is 0.917. The molecule has 0 aliphatic heterocycles. The fourth-order valence-corrected chi connectivity index (χ4v) is 14.5. The molecule has 5 atom stereocenters. The first-order valence-electron chi connectivity index (χ1n) is 43.2. The lowest BCUT2D eigenvalue weighted by molar-refractivity contribution is -0.161. The maximum atomic E-state index is 13.1. The summed E-state index contributed by atoms with van der Waals surface area (Å²) in [5, 5.41) is 10.7. The van der Waals surface area contributed by atoms with Crippen LogP contribution >= 0.6 is 15.6 Å². The van der Waals surface area contributed by atoms with Gasteiger partial charge < -0.3 is 33.8 Å². The van der Waals surface area contributed by atoms with Crippen LogP contribution in [0.25, 0.3) is 0 Å². The van der Waals surface area contributed by atoms with Crippen LogP contribution in [-0.2, 0) is 65.4 Å². The van der Waals surface area contributed by atoms with Crippen molar-refractivity contribution in [2.24, 2.45) is 23.7 Å². The molecular weight excluding hydrogens is 1340 g/mol. The van der Waals surface area contributed by atoms with Gasteiger partial charge in [0.1, 0.15) is 19.3 Å². The predicted molar refractivity (Wildman–Crippen MR) is 423 cm³/mol. The summed E-state index contributed by atoms with van der Waals surface area (Å²) < 4.78 is 68.8. The monoisotopic (exact) mass is 1510 g/mol. The molecule has 0 saturated carbocycles. The maximum absolute atomic E-state index is 13.1. The number of hydrogen-bond acceptors (Lipinski definition) is 15. The second kappa shape index (κ2) is 72.9. The Morgan fingerprint density at radius 2 is 0.408 bits per heavy atom. The van der Waals surface area contributed by atoms with Crippen LogP contribution in [0.2, 0.25) is 0 Å². The van der Waals surface area contributed by atoms with Crippen molar-refractivity contribution in [1.82, 2.24) is 0 Å². The van der Waals surface area contributed by atoms with Gasteiger partial charge in [0, 0.05) is 25.7 Å². The van der Waals surface area contributed by atoms with Gasteiger partial charge in [-0.05, 0) is 49.4 Å². The maximum Gasteiger partial charge on any atom is 0.472 e.